The Morgan fingerprint density at radius 1 is 1.44 bits per heavy atom. The summed E-state index contributed by atoms with van der Waals surface area (Å²) in [6.45, 7) is 3.20. The number of nitrogens with zero attached hydrogens (tertiary/aromatic N) is 2. The van der Waals surface area contributed by atoms with Crippen molar-refractivity contribution in [1.82, 2.24) is 4.98 Å². The lowest BCUT2D eigenvalue weighted by molar-refractivity contribution is 0.553. The van der Waals surface area contributed by atoms with E-state index in [4.69, 9.17) is 5.73 Å². The largest absolute Gasteiger partial charge is 0.367 e. The van der Waals surface area contributed by atoms with E-state index in [1.54, 1.807) is 0 Å². The van der Waals surface area contributed by atoms with Gasteiger partial charge in [0.05, 0.1) is 17.6 Å². The lowest BCUT2D eigenvalue weighted by Gasteiger charge is -2.29. The third-order valence-electron chi connectivity index (χ3n) is 3.98. The van der Waals surface area contributed by atoms with Crippen molar-refractivity contribution in [3.8, 4) is 0 Å². The van der Waals surface area contributed by atoms with Gasteiger partial charge in [-0.15, -0.1) is 0 Å². The van der Waals surface area contributed by atoms with E-state index in [9.17, 15) is 0 Å². The van der Waals surface area contributed by atoms with E-state index in [-0.39, 0.29) is 6.04 Å². The minimum atomic E-state index is 0.0316. The number of hydrogen-bond donors (Lipinski definition) is 1. The number of piperidine rings is 1. The highest BCUT2D eigenvalue weighted by Crippen LogP contribution is 2.39. The average Bonchev–Trinajstić information content (AvgIpc) is 2.91. The number of pyridine rings is 1. The van der Waals surface area contributed by atoms with Crippen LogP contribution in [-0.4, -0.2) is 17.6 Å². The maximum atomic E-state index is 5.80. The van der Waals surface area contributed by atoms with Gasteiger partial charge in [0.2, 0.25) is 0 Å². The van der Waals surface area contributed by atoms with Crippen LogP contribution in [0.2, 0.25) is 0 Å². The third kappa shape index (κ3) is 1.59. The molecule has 1 saturated carbocycles. The van der Waals surface area contributed by atoms with Crippen LogP contribution >= 0.6 is 0 Å². The predicted octanol–water partition coefficient (Wildman–Crippen LogP) is 2.09. The quantitative estimate of drug-likeness (QED) is 0.824. The van der Waals surface area contributed by atoms with Crippen LogP contribution in [0.5, 0.6) is 0 Å². The fraction of sp³-hybridized carbons (Fsp3) is 0.615. The molecule has 3 rings (SSSR count). The molecule has 3 nitrogen and oxygen atoms in total. The van der Waals surface area contributed by atoms with Gasteiger partial charge in [0, 0.05) is 18.6 Å². The third-order valence-corrected chi connectivity index (χ3v) is 3.98. The smallest absolute Gasteiger partial charge is 0.0569 e. The topological polar surface area (TPSA) is 42.1 Å². The van der Waals surface area contributed by atoms with Gasteiger partial charge in [-0.1, -0.05) is 0 Å². The van der Waals surface area contributed by atoms with Crippen LogP contribution in [0.25, 0.3) is 0 Å². The van der Waals surface area contributed by atoms with Crippen molar-refractivity contribution in [2.45, 2.75) is 38.3 Å². The lowest BCUT2D eigenvalue weighted by Crippen LogP contribution is -2.31. The first-order valence-corrected chi connectivity index (χ1v) is 6.22. The molecule has 3 atom stereocenters. The minimum Gasteiger partial charge on any atom is -0.367 e. The molecular formula is C13H19N3. The minimum absolute atomic E-state index is 0.0316. The molecule has 0 spiro atoms. The van der Waals surface area contributed by atoms with Gasteiger partial charge < -0.3 is 10.6 Å². The highest BCUT2D eigenvalue weighted by molar-refractivity contribution is 5.48. The molecule has 1 aromatic heterocycles. The predicted molar refractivity (Wildman–Crippen MR) is 65.3 cm³/mol. The Labute approximate surface area is 96.7 Å². The van der Waals surface area contributed by atoms with Gasteiger partial charge in [-0.3, -0.25) is 4.98 Å². The Morgan fingerprint density at radius 3 is 2.81 bits per heavy atom. The molecule has 0 radical (unpaired) electrons. The van der Waals surface area contributed by atoms with Gasteiger partial charge in [0.1, 0.15) is 0 Å². The summed E-state index contributed by atoms with van der Waals surface area (Å²) in [4.78, 5) is 6.96. The summed E-state index contributed by atoms with van der Waals surface area (Å²) in [5.41, 5.74) is 8.06. The molecule has 1 saturated heterocycles. The average molecular weight is 217 g/mol. The summed E-state index contributed by atoms with van der Waals surface area (Å²) in [6.07, 6.45) is 6.15. The lowest BCUT2D eigenvalue weighted by atomic mass is 10.1. The molecule has 2 aliphatic rings. The van der Waals surface area contributed by atoms with Crippen LogP contribution in [0, 0.1) is 5.92 Å². The van der Waals surface area contributed by atoms with E-state index in [1.165, 1.54) is 31.5 Å². The molecule has 0 amide bonds. The first-order valence-electron chi connectivity index (χ1n) is 6.22. The van der Waals surface area contributed by atoms with Crippen LogP contribution in [0.3, 0.4) is 0 Å². The number of fused-ring (bicyclic) bond motifs is 2. The second-order valence-electron chi connectivity index (χ2n) is 5.22. The second-order valence-corrected chi connectivity index (χ2v) is 5.22. The van der Waals surface area contributed by atoms with Crippen LogP contribution in [-0.2, 0) is 0 Å². The Balaban J connectivity index is 1.80. The van der Waals surface area contributed by atoms with Crippen molar-refractivity contribution in [1.29, 1.82) is 0 Å². The van der Waals surface area contributed by atoms with Gasteiger partial charge in [-0.25, -0.2) is 0 Å². The van der Waals surface area contributed by atoms with Gasteiger partial charge in [-0.2, -0.15) is 0 Å². The highest BCUT2D eigenvalue weighted by Gasteiger charge is 2.37. The van der Waals surface area contributed by atoms with Crippen molar-refractivity contribution < 1.29 is 0 Å². The molecule has 0 aromatic carbocycles. The Bertz CT molecular complexity index is 371. The van der Waals surface area contributed by atoms with Gasteiger partial charge in [0.15, 0.2) is 0 Å². The normalized spacial score (nSPS) is 29.8. The Hall–Kier alpha value is -1.09. The fourth-order valence-corrected chi connectivity index (χ4v) is 3.08. The van der Waals surface area contributed by atoms with Gasteiger partial charge in [0.25, 0.3) is 0 Å². The zero-order valence-electron chi connectivity index (χ0n) is 9.76. The summed E-state index contributed by atoms with van der Waals surface area (Å²) in [5, 5.41) is 0. The molecule has 16 heavy (non-hydrogen) atoms. The zero-order chi connectivity index (χ0) is 11.1. The number of anilines is 1. The van der Waals surface area contributed by atoms with Crippen molar-refractivity contribution in [2.75, 3.05) is 11.4 Å². The monoisotopic (exact) mass is 217 g/mol. The molecular weight excluding hydrogens is 198 g/mol. The molecule has 2 bridgehead atoms. The number of nitrogens with two attached hydrogens (primary N) is 1. The van der Waals surface area contributed by atoms with Crippen molar-refractivity contribution in [2.24, 2.45) is 11.7 Å². The van der Waals surface area contributed by atoms with E-state index >= 15 is 0 Å². The second kappa shape index (κ2) is 3.74. The van der Waals surface area contributed by atoms with E-state index < -0.39 is 0 Å². The summed E-state index contributed by atoms with van der Waals surface area (Å²) in [7, 11) is 0. The van der Waals surface area contributed by atoms with Crippen LogP contribution in [0.1, 0.15) is 37.9 Å². The number of hydrogen-bond acceptors (Lipinski definition) is 3. The summed E-state index contributed by atoms with van der Waals surface area (Å²) in [5.74, 6) is 0.929. The summed E-state index contributed by atoms with van der Waals surface area (Å²) in [6, 6.07) is 5.04. The Morgan fingerprint density at radius 2 is 2.31 bits per heavy atom. The summed E-state index contributed by atoms with van der Waals surface area (Å²) >= 11 is 0. The molecule has 2 unspecified atom stereocenters. The molecule has 1 aliphatic heterocycles. The van der Waals surface area contributed by atoms with E-state index in [2.05, 4.69) is 22.0 Å². The SMILES string of the molecule is C[C@H](N)c1ccc(N2CC3CCC2C3)cn1. The van der Waals surface area contributed by atoms with Crippen molar-refractivity contribution in [3.05, 3.63) is 24.0 Å². The van der Waals surface area contributed by atoms with E-state index in [0.717, 1.165) is 17.7 Å². The first kappa shape index (κ1) is 10.1. The van der Waals surface area contributed by atoms with Crippen LogP contribution in [0.4, 0.5) is 5.69 Å². The Kier molecular flexibility index (Phi) is 2.36. The van der Waals surface area contributed by atoms with Gasteiger partial charge in [-0.05, 0) is 44.2 Å². The molecule has 1 aromatic rings. The highest BCUT2D eigenvalue weighted by atomic mass is 15.2. The standard InChI is InChI=1S/C13H19N3/c1-9(14)13-5-4-12(7-15-13)16-8-10-2-3-11(16)6-10/h4-5,7,9-11H,2-3,6,8,14H2,1H3/t9-,10?,11?/m0/s1. The van der Waals surface area contributed by atoms with Crippen molar-refractivity contribution >= 4 is 5.69 Å². The first-order chi connectivity index (χ1) is 7.74. The van der Waals surface area contributed by atoms with E-state index in [0.29, 0.717) is 0 Å². The number of aromatic nitrogens is 1. The molecule has 86 valence electrons. The maximum Gasteiger partial charge on any atom is 0.0569 e. The molecule has 3 heteroatoms. The molecule has 1 aliphatic carbocycles. The van der Waals surface area contributed by atoms with Crippen LogP contribution in [0.15, 0.2) is 18.3 Å². The van der Waals surface area contributed by atoms with E-state index in [1.807, 2.05) is 13.1 Å². The van der Waals surface area contributed by atoms with Crippen LogP contribution < -0.4 is 10.6 Å². The van der Waals surface area contributed by atoms with Gasteiger partial charge >= 0.3 is 0 Å². The van der Waals surface area contributed by atoms with Crippen molar-refractivity contribution in [3.63, 3.8) is 0 Å². The maximum absolute atomic E-state index is 5.80. The summed E-state index contributed by atoms with van der Waals surface area (Å²) < 4.78 is 0. The fourth-order valence-electron chi connectivity index (χ4n) is 3.08. The zero-order valence-corrected chi connectivity index (χ0v) is 9.76. The molecule has 2 N–H and O–H groups in total. The molecule has 2 fully saturated rings. The number of rotatable bonds is 2. The molecule has 2 heterocycles.